The lowest BCUT2D eigenvalue weighted by Crippen LogP contribution is -1.90. The number of benzene rings is 7. The fraction of sp³-hybridized carbons (Fsp3) is 0.0667. The molecule has 0 aliphatic rings. The topological polar surface area (TPSA) is 0 Å². The maximum absolute atomic E-state index is 2.36. The minimum Gasteiger partial charge on any atom is -0.0622 e. The molecule has 0 heteroatoms. The molecule has 0 unspecified atom stereocenters. The second-order valence-corrected chi connectivity index (χ2v) is 12.2. The van der Waals surface area contributed by atoms with Crippen molar-refractivity contribution in [3.05, 3.63) is 180 Å². The summed E-state index contributed by atoms with van der Waals surface area (Å²) in [6.45, 7) is 6.49. The van der Waals surface area contributed by atoms with E-state index in [1.165, 1.54) is 83.5 Å². The van der Waals surface area contributed by atoms with Gasteiger partial charge in [-0.15, -0.1) is 0 Å². The van der Waals surface area contributed by atoms with E-state index in [2.05, 4.69) is 185 Å². The molecule has 0 atom stereocenters. The van der Waals surface area contributed by atoms with E-state index in [0.29, 0.717) is 0 Å². The zero-order valence-electron chi connectivity index (χ0n) is 26.1. The van der Waals surface area contributed by atoms with Crippen LogP contribution >= 0.6 is 0 Å². The molecule has 7 rings (SSSR count). The number of rotatable bonds is 6. The molecule has 45 heavy (non-hydrogen) atoms. The van der Waals surface area contributed by atoms with Gasteiger partial charge in [-0.3, -0.25) is 0 Å². The Kier molecular flexibility index (Phi) is 7.72. The Morgan fingerprint density at radius 3 is 0.956 bits per heavy atom. The van der Waals surface area contributed by atoms with Gasteiger partial charge in [0.2, 0.25) is 0 Å². The third-order valence-corrected chi connectivity index (χ3v) is 8.55. The van der Waals surface area contributed by atoms with Crippen LogP contribution in [-0.4, -0.2) is 0 Å². The van der Waals surface area contributed by atoms with Gasteiger partial charge in [0.15, 0.2) is 0 Å². The van der Waals surface area contributed by atoms with Gasteiger partial charge in [0, 0.05) is 0 Å². The molecule has 0 amide bonds. The normalized spacial score (nSPS) is 11.0. The van der Waals surface area contributed by atoms with E-state index < -0.39 is 0 Å². The average molecular weight is 577 g/mol. The summed E-state index contributed by atoms with van der Waals surface area (Å²) in [5, 5.41) is 0. The van der Waals surface area contributed by atoms with Gasteiger partial charge < -0.3 is 0 Å². The lowest BCUT2D eigenvalue weighted by molar-refractivity contribution is 1.38. The Bertz CT molecular complexity index is 2020. The van der Waals surface area contributed by atoms with Crippen LogP contribution in [-0.2, 0) is 0 Å². The van der Waals surface area contributed by atoms with Crippen molar-refractivity contribution in [1.82, 2.24) is 0 Å². The van der Waals surface area contributed by atoms with E-state index in [9.17, 15) is 0 Å². The molecule has 0 N–H and O–H groups in total. The molecule has 0 saturated carbocycles. The van der Waals surface area contributed by atoms with Gasteiger partial charge in [-0.1, -0.05) is 138 Å². The SMILES string of the molecule is Cc1ccc(-c2cc(-c3cccc(-c4cc(C)cc(C)c4)c3)cc(-c3cc(-c4ccccc4)cc(-c4ccccc4)c3)c2)cc1. The van der Waals surface area contributed by atoms with Gasteiger partial charge in [0.05, 0.1) is 0 Å². The smallest absolute Gasteiger partial charge is 0.0171 e. The number of aryl methyl sites for hydroxylation is 3. The molecule has 216 valence electrons. The Morgan fingerprint density at radius 1 is 0.200 bits per heavy atom. The Hall–Kier alpha value is -5.46. The molecule has 0 saturated heterocycles. The van der Waals surface area contributed by atoms with E-state index in [0.717, 1.165) is 0 Å². The predicted octanol–water partition coefficient (Wildman–Crippen LogP) is 12.6. The van der Waals surface area contributed by atoms with Crippen LogP contribution in [0.15, 0.2) is 164 Å². The predicted molar refractivity (Wildman–Crippen MR) is 193 cm³/mol. The van der Waals surface area contributed by atoms with Crippen LogP contribution in [0.5, 0.6) is 0 Å². The summed E-state index contributed by atoms with van der Waals surface area (Å²) in [6.07, 6.45) is 0. The summed E-state index contributed by atoms with van der Waals surface area (Å²) in [4.78, 5) is 0. The minimum atomic E-state index is 1.20. The minimum absolute atomic E-state index is 1.20. The van der Waals surface area contributed by atoms with Crippen LogP contribution in [0.4, 0.5) is 0 Å². The van der Waals surface area contributed by atoms with Crippen molar-refractivity contribution in [1.29, 1.82) is 0 Å². The van der Waals surface area contributed by atoms with Gasteiger partial charge in [-0.2, -0.15) is 0 Å². The van der Waals surface area contributed by atoms with Gasteiger partial charge in [0.1, 0.15) is 0 Å². The van der Waals surface area contributed by atoms with Crippen LogP contribution in [0.2, 0.25) is 0 Å². The second-order valence-electron chi connectivity index (χ2n) is 12.2. The lowest BCUT2D eigenvalue weighted by Gasteiger charge is -2.15. The monoisotopic (exact) mass is 576 g/mol. The maximum atomic E-state index is 2.36. The van der Waals surface area contributed by atoms with Crippen LogP contribution in [0, 0.1) is 20.8 Å². The molecule has 7 aromatic rings. The zero-order valence-corrected chi connectivity index (χ0v) is 26.1. The van der Waals surface area contributed by atoms with Gasteiger partial charge in [0.25, 0.3) is 0 Å². The molecule has 0 aromatic heterocycles. The first-order chi connectivity index (χ1) is 22.0. The van der Waals surface area contributed by atoms with Crippen molar-refractivity contribution in [2.24, 2.45) is 0 Å². The molecule has 0 bridgehead atoms. The van der Waals surface area contributed by atoms with Crippen LogP contribution in [0.25, 0.3) is 66.8 Å². The summed E-state index contributed by atoms with van der Waals surface area (Å²) in [7, 11) is 0. The third-order valence-electron chi connectivity index (χ3n) is 8.55. The number of hydrogen-bond donors (Lipinski definition) is 0. The molecule has 0 spiro atoms. The number of hydrogen-bond acceptors (Lipinski definition) is 0. The lowest BCUT2D eigenvalue weighted by atomic mass is 9.89. The first kappa shape index (κ1) is 28.3. The average Bonchev–Trinajstić information content (AvgIpc) is 3.08. The van der Waals surface area contributed by atoms with Gasteiger partial charge in [-0.05, 0) is 130 Å². The standard InChI is InChI=1S/C45H36/c1-31-17-19-36(20-18-31)42-26-43(38-16-10-15-37(24-38)39-22-32(2)21-33(3)23-39)30-45(29-42)44-27-40(34-11-6-4-7-12-34)25-41(28-44)35-13-8-5-9-14-35/h4-30H,1-3H3. The van der Waals surface area contributed by atoms with Crippen molar-refractivity contribution in [3.63, 3.8) is 0 Å². The highest BCUT2D eigenvalue weighted by Crippen LogP contribution is 2.38. The first-order valence-corrected chi connectivity index (χ1v) is 15.7. The largest absolute Gasteiger partial charge is 0.0622 e. The quantitative estimate of drug-likeness (QED) is 0.185. The van der Waals surface area contributed by atoms with E-state index in [4.69, 9.17) is 0 Å². The molecule has 0 aliphatic heterocycles. The molecule has 0 nitrogen and oxygen atoms in total. The van der Waals surface area contributed by atoms with E-state index in [1.54, 1.807) is 0 Å². The molecule has 0 aliphatic carbocycles. The first-order valence-electron chi connectivity index (χ1n) is 15.7. The molecule has 0 fully saturated rings. The summed E-state index contributed by atoms with van der Waals surface area (Å²) in [5.74, 6) is 0. The zero-order chi connectivity index (χ0) is 30.8. The van der Waals surface area contributed by atoms with Crippen molar-refractivity contribution in [2.75, 3.05) is 0 Å². The summed E-state index contributed by atoms with van der Waals surface area (Å²) in [5.41, 5.74) is 18.4. The van der Waals surface area contributed by atoms with Crippen molar-refractivity contribution in [3.8, 4) is 66.8 Å². The summed E-state index contributed by atoms with van der Waals surface area (Å²) >= 11 is 0. The molecule has 0 radical (unpaired) electrons. The summed E-state index contributed by atoms with van der Waals surface area (Å²) in [6, 6.07) is 60.1. The molecular weight excluding hydrogens is 540 g/mol. The maximum Gasteiger partial charge on any atom is -0.0171 e. The van der Waals surface area contributed by atoms with E-state index in [1.807, 2.05) is 0 Å². The molecule has 0 heterocycles. The molecular formula is C45H36. The van der Waals surface area contributed by atoms with Crippen molar-refractivity contribution in [2.45, 2.75) is 20.8 Å². The fourth-order valence-corrected chi connectivity index (χ4v) is 6.28. The van der Waals surface area contributed by atoms with Gasteiger partial charge >= 0.3 is 0 Å². The Labute approximate surface area is 267 Å². The van der Waals surface area contributed by atoms with E-state index >= 15 is 0 Å². The Balaban J connectivity index is 1.43. The summed E-state index contributed by atoms with van der Waals surface area (Å²) < 4.78 is 0. The van der Waals surface area contributed by atoms with Crippen LogP contribution < -0.4 is 0 Å². The van der Waals surface area contributed by atoms with Crippen LogP contribution in [0.1, 0.15) is 16.7 Å². The Morgan fingerprint density at radius 2 is 0.511 bits per heavy atom. The van der Waals surface area contributed by atoms with Crippen LogP contribution in [0.3, 0.4) is 0 Å². The highest BCUT2D eigenvalue weighted by Gasteiger charge is 2.12. The van der Waals surface area contributed by atoms with Crippen molar-refractivity contribution >= 4 is 0 Å². The fourth-order valence-electron chi connectivity index (χ4n) is 6.28. The van der Waals surface area contributed by atoms with E-state index in [-0.39, 0.29) is 0 Å². The van der Waals surface area contributed by atoms with Gasteiger partial charge in [-0.25, -0.2) is 0 Å². The molecule has 7 aromatic carbocycles. The highest BCUT2D eigenvalue weighted by atomic mass is 14.2. The second kappa shape index (κ2) is 12.3. The van der Waals surface area contributed by atoms with Crippen molar-refractivity contribution < 1.29 is 0 Å². The highest BCUT2D eigenvalue weighted by molar-refractivity contribution is 5.86. The third kappa shape index (κ3) is 6.28.